The molecule has 0 aliphatic carbocycles. The Labute approximate surface area is 170 Å². The summed E-state index contributed by atoms with van der Waals surface area (Å²) in [6.07, 6.45) is 1.66. The van der Waals surface area contributed by atoms with Crippen molar-refractivity contribution in [3.63, 3.8) is 0 Å². The van der Waals surface area contributed by atoms with Crippen LogP contribution < -0.4 is 24.3 Å². The van der Waals surface area contributed by atoms with Crippen LogP contribution in [-0.4, -0.2) is 51.3 Å². The second kappa shape index (κ2) is 8.61. The molecule has 2 aromatic carbocycles. The van der Waals surface area contributed by atoms with Gasteiger partial charge < -0.3 is 24.3 Å². The van der Waals surface area contributed by atoms with Crippen molar-refractivity contribution in [2.75, 3.05) is 45.8 Å². The highest BCUT2D eigenvalue weighted by atomic mass is 16.5. The average molecular weight is 398 g/mol. The number of rotatable bonds is 5. The maximum Gasteiger partial charge on any atom is 0.238 e. The number of amides is 1. The number of benzene rings is 2. The van der Waals surface area contributed by atoms with Gasteiger partial charge in [-0.2, -0.15) is 0 Å². The molecular weight excluding hydrogens is 372 g/mol. The van der Waals surface area contributed by atoms with Gasteiger partial charge in [-0.15, -0.1) is 0 Å². The lowest BCUT2D eigenvalue weighted by Crippen LogP contribution is -2.37. The molecule has 7 heteroatoms. The number of hydrogen-bond donors (Lipinski definition) is 1. The van der Waals surface area contributed by atoms with E-state index in [1.807, 2.05) is 30.3 Å². The highest BCUT2D eigenvalue weighted by molar-refractivity contribution is 5.92. The number of carbonyl (C=O) groups is 1. The minimum absolute atomic E-state index is 0.0524. The van der Waals surface area contributed by atoms with Gasteiger partial charge in [-0.05, 0) is 30.2 Å². The topological polar surface area (TPSA) is 69.3 Å². The summed E-state index contributed by atoms with van der Waals surface area (Å²) in [4.78, 5) is 14.7. The minimum atomic E-state index is -0.0524. The van der Waals surface area contributed by atoms with Gasteiger partial charge in [-0.1, -0.05) is 6.07 Å². The van der Waals surface area contributed by atoms with Crippen molar-refractivity contribution in [2.24, 2.45) is 0 Å². The first-order valence-electron chi connectivity index (χ1n) is 9.82. The fourth-order valence-electron chi connectivity index (χ4n) is 3.82. The highest BCUT2D eigenvalue weighted by Gasteiger charge is 2.23. The SMILES string of the molecule is COc1ccc2c(c1OC)CCN(CC(=O)Nc1ccc3c(c1)OCCCO3)C2. The predicted octanol–water partition coefficient (Wildman–Crippen LogP) is 2.86. The van der Waals surface area contributed by atoms with Crippen LogP contribution in [0.1, 0.15) is 17.5 Å². The first kappa shape index (κ1) is 19.4. The van der Waals surface area contributed by atoms with E-state index in [-0.39, 0.29) is 5.91 Å². The lowest BCUT2D eigenvalue weighted by atomic mass is 9.98. The van der Waals surface area contributed by atoms with Gasteiger partial charge in [0.15, 0.2) is 23.0 Å². The molecular formula is C22H26N2O5. The quantitative estimate of drug-likeness (QED) is 0.835. The van der Waals surface area contributed by atoms with Crippen LogP contribution in [0.25, 0.3) is 0 Å². The third-order valence-corrected chi connectivity index (χ3v) is 5.22. The molecule has 1 amide bonds. The summed E-state index contributed by atoms with van der Waals surface area (Å²) in [5, 5.41) is 2.96. The van der Waals surface area contributed by atoms with Crippen LogP contribution >= 0.6 is 0 Å². The molecule has 4 rings (SSSR count). The lowest BCUT2D eigenvalue weighted by Gasteiger charge is -2.29. The van der Waals surface area contributed by atoms with Crippen molar-refractivity contribution in [3.8, 4) is 23.0 Å². The molecule has 0 radical (unpaired) electrons. The van der Waals surface area contributed by atoms with Crippen LogP contribution in [0.2, 0.25) is 0 Å². The van der Waals surface area contributed by atoms with Gasteiger partial charge >= 0.3 is 0 Å². The number of ether oxygens (including phenoxy) is 4. The zero-order chi connectivity index (χ0) is 20.2. The molecule has 1 N–H and O–H groups in total. The first-order valence-corrected chi connectivity index (χ1v) is 9.82. The Morgan fingerprint density at radius 1 is 1.10 bits per heavy atom. The molecule has 2 aliphatic heterocycles. The molecule has 0 spiro atoms. The van der Waals surface area contributed by atoms with Crippen LogP contribution in [0, 0.1) is 0 Å². The van der Waals surface area contributed by atoms with Gasteiger partial charge in [0.25, 0.3) is 0 Å². The third-order valence-electron chi connectivity index (χ3n) is 5.22. The van der Waals surface area contributed by atoms with E-state index < -0.39 is 0 Å². The van der Waals surface area contributed by atoms with Gasteiger partial charge in [0.2, 0.25) is 5.91 Å². The average Bonchev–Trinajstić information content (AvgIpc) is 2.97. The summed E-state index contributed by atoms with van der Waals surface area (Å²) in [6, 6.07) is 9.46. The van der Waals surface area contributed by atoms with E-state index in [0.717, 1.165) is 47.8 Å². The summed E-state index contributed by atoms with van der Waals surface area (Å²) in [5.74, 6) is 2.88. The van der Waals surface area contributed by atoms with E-state index in [2.05, 4.69) is 10.2 Å². The lowest BCUT2D eigenvalue weighted by molar-refractivity contribution is -0.117. The van der Waals surface area contributed by atoms with Gasteiger partial charge in [-0.25, -0.2) is 0 Å². The summed E-state index contributed by atoms with van der Waals surface area (Å²) >= 11 is 0. The van der Waals surface area contributed by atoms with Crippen LogP contribution in [0.5, 0.6) is 23.0 Å². The zero-order valence-corrected chi connectivity index (χ0v) is 16.8. The standard InChI is InChI=1S/C22H26N2O5/c1-26-19-6-4-15-13-24(9-8-17(15)22(19)27-2)14-21(25)23-16-5-7-18-20(12-16)29-11-3-10-28-18/h4-7,12H,3,8-11,13-14H2,1-2H3,(H,23,25). The van der Waals surface area contributed by atoms with Crippen molar-refractivity contribution >= 4 is 11.6 Å². The molecule has 7 nitrogen and oxygen atoms in total. The molecule has 154 valence electrons. The number of methoxy groups -OCH3 is 2. The number of nitrogens with one attached hydrogen (secondary N) is 1. The summed E-state index contributed by atoms with van der Waals surface area (Å²) in [6.45, 7) is 3.06. The van der Waals surface area contributed by atoms with E-state index >= 15 is 0 Å². The number of nitrogens with zero attached hydrogens (tertiary/aromatic N) is 1. The van der Waals surface area contributed by atoms with Crippen molar-refractivity contribution in [3.05, 3.63) is 41.5 Å². The van der Waals surface area contributed by atoms with Crippen molar-refractivity contribution < 1.29 is 23.7 Å². The number of hydrogen-bond acceptors (Lipinski definition) is 6. The van der Waals surface area contributed by atoms with Crippen LogP contribution in [0.15, 0.2) is 30.3 Å². The number of fused-ring (bicyclic) bond motifs is 2. The van der Waals surface area contributed by atoms with E-state index in [0.29, 0.717) is 37.7 Å². The van der Waals surface area contributed by atoms with E-state index in [9.17, 15) is 4.79 Å². The Hall–Kier alpha value is -2.93. The Bertz CT molecular complexity index is 899. The molecule has 0 unspecified atom stereocenters. The summed E-state index contributed by atoms with van der Waals surface area (Å²) < 4.78 is 22.3. The van der Waals surface area contributed by atoms with Crippen molar-refractivity contribution in [2.45, 2.75) is 19.4 Å². The monoisotopic (exact) mass is 398 g/mol. The van der Waals surface area contributed by atoms with E-state index in [1.54, 1.807) is 14.2 Å². The van der Waals surface area contributed by atoms with Gasteiger partial charge in [0.1, 0.15) is 0 Å². The van der Waals surface area contributed by atoms with Gasteiger partial charge in [-0.3, -0.25) is 9.69 Å². The maximum absolute atomic E-state index is 12.6. The van der Waals surface area contributed by atoms with Crippen molar-refractivity contribution in [1.82, 2.24) is 4.90 Å². The zero-order valence-electron chi connectivity index (χ0n) is 16.8. The van der Waals surface area contributed by atoms with Crippen LogP contribution in [0.3, 0.4) is 0 Å². The van der Waals surface area contributed by atoms with Crippen LogP contribution in [0.4, 0.5) is 5.69 Å². The molecule has 2 aliphatic rings. The molecule has 29 heavy (non-hydrogen) atoms. The highest BCUT2D eigenvalue weighted by Crippen LogP contribution is 2.36. The van der Waals surface area contributed by atoms with Gasteiger partial charge in [0, 0.05) is 36.8 Å². The van der Waals surface area contributed by atoms with E-state index in [4.69, 9.17) is 18.9 Å². The Kier molecular flexibility index (Phi) is 5.76. The minimum Gasteiger partial charge on any atom is -0.493 e. The van der Waals surface area contributed by atoms with Crippen molar-refractivity contribution in [1.29, 1.82) is 0 Å². The fraction of sp³-hybridized carbons (Fsp3) is 0.409. The molecule has 0 bridgehead atoms. The smallest absolute Gasteiger partial charge is 0.238 e. The normalized spacial score (nSPS) is 15.8. The third kappa shape index (κ3) is 4.24. The fourth-order valence-corrected chi connectivity index (χ4v) is 3.82. The molecule has 0 aromatic heterocycles. The van der Waals surface area contributed by atoms with E-state index in [1.165, 1.54) is 0 Å². The number of carbonyl (C=O) groups excluding carboxylic acids is 1. The predicted molar refractivity (Wildman–Crippen MR) is 109 cm³/mol. The molecule has 0 saturated carbocycles. The second-order valence-electron chi connectivity index (χ2n) is 7.16. The largest absolute Gasteiger partial charge is 0.493 e. The Morgan fingerprint density at radius 2 is 1.93 bits per heavy atom. The molecule has 2 heterocycles. The molecule has 0 saturated heterocycles. The molecule has 2 aromatic rings. The summed E-state index contributed by atoms with van der Waals surface area (Å²) in [5.41, 5.74) is 3.03. The summed E-state index contributed by atoms with van der Waals surface area (Å²) in [7, 11) is 3.30. The number of anilines is 1. The maximum atomic E-state index is 12.6. The Morgan fingerprint density at radius 3 is 2.72 bits per heavy atom. The van der Waals surface area contributed by atoms with Gasteiger partial charge in [0.05, 0.1) is 34.0 Å². The second-order valence-corrected chi connectivity index (χ2v) is 7.16. The molecule has 0 fully saturated rings. The first-order chi connectivity index (χ1) is 14.2. The molecule has 0 atom stereocenters. The van der Waals surface area contributed by atoms with Crippen LogP contribution in [-0.2, 0) is 17.8 Å². The Balaban J connectivity index is 1.39.